The summed E-state index contributed by atoms with van der Waals surface area (Å²) in [7, 11) is 0.276. The van der Waals surface area contributed by atoms with Gasteiger partial charge >= 0.3 is 12.3 Å². The standard InChI is InChI=1S/C7H12FN3O5S3/c1-5(19(4,14)15)9-16-7(13)11(3)18-17-10(2)6(8)12/h1-4H3. The maximum atomic E-state index is 12.2. The van der Waals surface area contributed by atoms with Gasteiger partial charge in [-0.25, -0.2) is 22.3 Å². The van der Waals surface area contributed by atoms with Crippen molar-refractivity contribution in [1.82, 2.24) is 8.61 Å². The smallest absolute Gasteiger partial charge is 0.296 e. The number of oxime groups is 1. The van der Waals surface area contributed by atoms with Gasteiger partial charge in [-0.2, -0.15) is 0 Å². The molecule has 0 aromatic heterocycles. The maximum absolute atomic E-state index is 12.2. The molecule has 0 aliphatic rings. The highest BCUT2D eigenvalue weighted by atomic mass is 33.1. The van der Waals surface area contributed by atoms with Crippen LogP contribution in [0.1, 0.15) is 6.92 Å². The largest absolute Gasteiger partial charge is 0.446 e. The van der Waals surface area contributed by atoms with Gasteiger partial charge in [-0.1, -0.05) is 5.16 Å². The topological polar surface area (TPSA) is 96.3 Å². The molecule has 0 bridgehead atoms. The van der Waals surface area contributed by atoms with Gasteiger partial charge in [0.25, 0.3) is 0 Å². The molecule has 12 heteroatoms. The van der Waals surface area contributed by atoms with Crippen LogP contribution in [0.15, 0.2) is 5.16 Å². The van der Waals surface area contributed by atoms with E-state index in [1.54, 1.807) is 0 Å². The lowest BCUT2D eigenvalue weighted by Crippen LogP contribution is -2.21. The van der Waals surface area contributed by atoms with E-state index in [1.165, 1.54) is 21.0 Å². The highest BCUT2D eigenvalue weighted by Gasteiger charge is 2.16. The van der Waals surface area contributed by atoms with Crippen molar-refractivity contribution in [2.24, 2.45) is 5.16 Å². The average Bonchev–Trinajstić information content (AvgIpc) is 2.30. The Morgan fingerprint density at radius 1 is 1.21 bits per heavy atom. The predicted octanol–water partition coefficient (Wildman–Crippen LogP) is 1.67. The van der Waals surface area contributed by atoms with Crippen molar-refractivity contribution in [3.8, 4) is 0 Å². The van der Waals surface area contributed by atoms with E-state index >= 15 is 0 Å². The molecule has 0 N–H and O–H groups in total. The number of hydrogen-bond donors (Lipinski definition) is 0. The molecule has 0 saturated heterocycles. The van der Waals surface area contributed by atoms with Gasteiger partial charge in [0.05, 0.1) is 0 Å². The number of carbonyl (C=O) groups is 2. The fourth-order valence-corrected chi connectivity index (χ4v) is 1.87. The van der Waals surface area contributed by atoms with Gasteiger partial charge in [0, 0.05) is 42.3 Å². The second kappa shape index (κ2) is 7.55. The third-order valence-corrected chi connectivity index (χ3v) is 5.05. The number of sulfone groups is 1. The van der Waals surface area contributed by atoms with Crippen LogP contribution in [0, 0.1) is 0 Å². The molecule has 0 unspecified atom stereocenters. The fraction of sp³-hybridized carbons (Fsp3) is 0.571. The molecule has 0 aliphatic carbocycles. The minimum atomic E-state index is -3.52. The van der Waals surface area contributed by atoms with Crippen molar-refractivity contribution in [1.29, 1.82) is 0 Å². The monoisotopic (exact) mass is 333 g/mol. The Hall–Kier alpha value is -1.01. The van der Waals surface area contributed by atoms with E-state index in [4.69, 9.17) is 0 Å². The van der Waals surface area contributed by atoms with E-state index in [1.807, 2.05) is 0 Å². The molecular formula is C7H12FN3O5S3. The van der Waals surface area contributed by atoms with Crippen molar-refractivity contribution in [2.45, 2.75) is 6.92 Å². The molecule has 8 nitrogen and oxygen atoms in total. The molecule has 110 valence electrons. The summed E-state index contributed by atoms with van der Waals surface area (Å²) in [6, 6.07) is 0. The number of rotatable bonds is 4. The van der Waals surface area contributed by atoms with Gasteiger partial charge < -0.3 is 0 Å². The lowest BCUT2D eigenvalue weighted by Gasteiger charge is -2.15. The minimum Gasteiger partial charge on any atom is -0.296 e. The van der Waals surface area contributed by atoms with Crippen LogP contribution < -0.4 is 0 Å². The summed E-state index contributed by atoms with van der Waals surface area (Å²) < 4.78 is 35.7. The van der Waals surface area contributed by atoms with Crippen molar-refractivity contribution in [2.75, 3.05) is 20.4 Å². The number of nitrogens with zero attached hydrogens (tertiary/aromatic N) is 3. The van der Waals surface area contributed by atoms with Gasteiger partial charge in [0.2, 0.25) is 0 Å². The Bertz CT molecular complexity index is 480. The summed E-state index contributed by atoms with van der Waals surface area (Å²) in [6.07, 6.45) is -1.74. The third-order valence-electron chi connectivity index (χ3n) is 1.55. The highest BCUT2D eigenvalue weighted by molar-refractivity contribution is 8.75. The van der Waals surface area contributed by atoms with Gasteiger partial charge in [-0.15, -0.1) is 4.39 Å². The molecule has 0 aromatic rings. The Balaban J connectivity index is 4.33. The molecule has 2 amide bonds. The van der Waals surface area contributed by atoms with Crippen molar-refractivity contribution < 1.29 is 27.2 Å². The zero-order chi connectivity index (χ0) is 15.2. The van der Waals surface area contributed by atoms with Gasteiger partial charge in [-0.05, 0) is 6.92 Å². The normalized spacial score (nSPS) is 11.9. The summed E-state index contributed by atoms with van der Waals surface area (Å²) in [6.45, 7) is 1.17. The van der Waals surface area contributed by atoms with Gasteiger partial charge in [0.1, 0.15) is 0 Å². The summed E-state index contributed by atoms with van der Waals surface area (Å²) in [5.74, 6) is 0. The highest BCUT2D eigenvalue weighted by Crippen LogP contribution is 2.28. The lowest BCUT2D eigenvalue weighted by atomic mass is 10.9. The molecule has 0 heterocycles. The molecule has 0 radical (unpaired) electrons. The first-order valence-electron chi connectivity index (χ1n) is 4.53. The third kappa shape index (κ3) is 7.22. The number of amides is 2. The Morgan fingerprint density at radius 3 is 2.11 bits per heavy atom. The minimum absolute atomic E-state index is 0.358. The molecule has 0 fully saturated rings. The van der Waals surface area contributed by atoms with Crippen LogP contribution in [0.4, 0.5) is 14.0 Å². The van der Waals surface area contributed by atoms with Crippen molar-refractivity contribution >= 4 is 49.1 Å². The Labute approximate surface area is 117 Å². The van der Waals surface area contributed by atoms with Crippen LogP contribution in [-0.4, -0.2) is 54.7 Å². The van der Waals surface area contributed by atoms with E-state index < -0.39 is 22.1 Å². The number of halogens is 1. The van der Waals surface area contributed by atoms with Crippen LogP contribution >= 0.6 is 22.0 Å². The van der Waals surface area contributed by atoms with Crippen LogP contribution in [0.3, 0.4) is 0 Å². The first kappa shape index (κ1) is 18.0. The summed E-state index contributed by atoms with van der Waals surface area (Å²) in [5.41, 5.74) is 0. The van der Waals surface area contributed by atoms with Crippen LogP contribution in [0.25, 0.3) is 0 Å². The zero-order valence-corrected chi connectivity index (χ0v) is 12.9. The average molecular weight is 333 g/mol. The van der Waals surface area contributed by atoms with E-state index in [9.17, 15) is 22.4 Å². The SMILES string of the molecule is CC(=NOC(=O)N(C)SSN(C)C(=O)F)S(C)(=O)=O. The van der Waals surface area contributed by atoms with Crippen LogP contribution in [0.5, 0.6) is 0 Å². The molecular weight excluding hydrogens is 321 g/mol. The Morgan fingerprint density at radius 2 is 1.68 bits per heavy atom. The van der Waals surface area contributed by atoms with Gasteiger partial charge in [-0.3, -0.25) is 9.14 Å². The predicted molar refractivity (Wildman–Crippen MR) is 71.6 cm³/mol. The fourth-order valence-electron chi connectivity index (χ4n) is 0.388. The molecule has 0 spiro atoms. The molecule has 0 saturated carbocycles. The lowest BCUT2D eigenvalue weighted by molar-refractivity contribution is 0.137. The first-order chi connectivity index (χ1) is 8.55. The summed E-state index contributed by atoms with van der Waals surface area (Å²) >= 11 is 0. The number of carbonyl (C=O) groups excluding carboxylic acids is 2. The van der Waals surface area contributed by atoms with Crippen molar-refractivity contribution in [3.05, 3.63) is 0 Å². The first-order valence-corrected chi connectivity index (χ1v) is 8.48. The summed E-state index contributed by atoms with van der Waals surface area (Å²) in [5, 5.41) is 2.78. The van der Waals surface area contributed by atoms with E-state index in [0.29, 0.717) is 26.3 Å². The number of hydrogen-bond acceptors (Lipinski definition) is 8. The van der Waals surface area contributed by atoms with E-state index in [2.05, 4.69) is 9.99 Å². The molecule has 0 aliphatic heterocycles. The van der Waals surface area contributed by atoms with Crippen LogP contribution in [0.2, 0.25) is 0 Å². The van der Waals surface area contributed by atoms with Crippen LogP contribution in [-0.2, 0) is 14.7 Å². The maximum Gasteiger partial charge on any atom is 0.446 e. The summed E-state index contributed by atoms with van der Waals surface area (Å²) in [4.78, 5) is 25.9. The van der Waals surface area contributed by atoms with Crippen molar-refractivity contribution in [3.63, 3.8) is 0 Å². The van der Waals surface area contributed by atoms with E-state index in [-0.39, 0.29) is 5.04 Å². The quantitative estimate of drug-likeness (QED) is 0.113. The molecule has 0 aromatic carbocycles. The molecule has 0 atom stereocenters. The van der Waals surface area contributed by atoms with Gasteiger partial charge in [0.15, 0.2) is 14.9 Å². The molecule has 19 heavy (non-hydrogen) atoms. The van der Waals surface area contributed by atoms with E-state index in [0.717, 1.165) is 10.6 Å². The second-order valence-electron chi connectivity index (χ2n) is 3.14. The molecule has 0 rings (SSSR count). The zero-order valence-electron chi connectivity index (χ0n) is 10.5. The Kier molecular flexibility index (Phi) is 7.15. The second-order valence-corrected chi connectivity index (χ2v) is 7.56.